The molecule has 5 rings (SSSR count). The molecule has 0 aliphatic carbocycles. The number of benzene rings is 3. The lowest BCUT2D eigenvalue weighted by Crippen LogP contribution is -2.35. The number of nitrogens with zero attached hydrogens (tertiary/aromatic N) is 4. The maximum atomic E-state index is 13.0. The Morgan fingerprint density at radius 3 is 2.03 bits per heavy atom. The van der Waals surface area contributed by atoms with Gasteiger partial charge in [-0.25, -0.2) is 9.67 Å². The summed E-state index contributed by atoms with van der Waals surface area (Å²) in [4.78, 5) is 30.4. The van der Waals surface area contributed by atoms with Gasteiger partial charge in [0, 0.05) is 0 Å². The van der Waals surface area contributed by atoms with Crippen LogP contribution in [0, 0.1) is 0 Å². The lowest BCUT2D eigenvalue weighted by molar-refractivity contribution is -0.122. The van der Waals surface area contributed by atoms with E-state index >= 15 is 0 Å². The van der Waals surface area contributed by atoms with Crippen LogP contribution in [0.3, 0.4) is 0 Å². The minimum Gasteiger partial charge on any atom is -0.344 e. The molecule has 0 fully saturated rings. The predicted molar refractivity (Wildman–Crippen MR) is 126 cm³/mol. The van der Waals surface area contributed by atoms with Gasteiger partial charge >= 0.3 is 0 Å². The molecule has 2 heterocycles. The van der Waals surface area contributed by atoms with Gasteiger partial charge in [0.25, 0.3) is 5.56 Å². The van der Waals surface area contributed by atoms with Crippen LogP contribution in [0.1, 0.15) is 17.2 Å². The number of carbonyl (C=O) groups excluding carboxylic acids is 1. The van der Waals surface area contributed by atoms with Gasteiger partial charge in [0.15, 0.2) is 5.65 Å². The first kappa shape index (κ1) is 20.4. The number of fused-ring (bicyclic) bond motifs is 1. The Morgan fingerprint density at radius 1 is 0.848 bits per heavy atom. The largest absolute Gasteiger partial charge is 0.344 e. The van der Waals surface area contributed by atoms with Crippen LogP contribution in [0.15, 0.2) is 108 Å². The average molecular weight is 435 g/mol. The van der Waals surface area contributed by atoms with Crippen molar-refractivity contribution < 1.29 is 4.79 Å². The van der Waals surface area contributed by atoms with Crippen LogP contribution in [0.25, 0.3) is 16.7 Å². The molecule has 0 saturated heterocycles. The van der Waals surface area contributed by atoms with Gasteiger partial charge in [0.05, 0.1) is 17.9 Å². The monoisotopic (exact) mass is 435 g/mol. The number of rotatable bonds is 6. The number of para-hydroxylation sites is 1. The molecular formula is C26H21N5O2. The fourth-order valence-electron chi connectivity index (χ4n) is 3.83. The zero-order valence-corrected chi connectivity index (χ0v) is 17.7. The molecule has 0 aliphatic rings. The first-order valence-corrected chi connectivity index (χ1v) is 10.6. The standard InChI is InChI=1S/C26H21N5O2/c32-23(29-24(19-10-4-1-5-11-19)20-12-6-2-7-13-20)17-30-18-27-25-22(26(30)33)16-28-31(25)21-14-8-3-9-15-21/h1-16,18,24H,17H2,(H,29,32). The molecule has 3 aromatic carbocycles. The van der Waals surface area contributed by atoms with Crippen molar-refractivity contribution in [3.8, 4) is 5.69 Å². The SMILES string of the molecule is O=C(Cn1cnc2c(cnn2-c2ccccc2)c1=O)NC(c1ccccc1)c1ccccc1. The van der Waals surface area contributed by atoms with Crippen molar-refractivity contribution in [2.45, 2.75) is 12.6 Å². The summed E-state index contributed by atoms with van der Waals surface area (Å²) in [5, 5.41) is 7.73. The molecule has 7 heteroatoms. The van der Waals surface area contributed by atoms with Crippen LogP contribution in [0.4, 0.5) is 0 Å². The lowest BCUT2D eigenvalue weighted by Gasteiger charge is -2.20. The Bertz CT molecular complexity index is 1400. The quantitative estimate of drug-likeness (QED) is 0.443. The number of hydrogen-bond acceptors (Lipinski definition) is 4. The molecule has 1 N–H and O–H groups in total. The average Bonchev–Trinajstić information content (AvgIpc) is 3.31. The number of aromatic nitrogens is 4. The molecule has 0 radical (unpaired) electrons. The fourth-order valence-corrected chi connectivity index (χ4v) is 3.83. The molecule has 0 saturated carbocycles. The highest BCUT2D eigenvalue weighted by atomic mass is 16.2. The normalized spacial score (nSPS) is 11.1. The molecular weight excluding hydrogens is 414 g/mol. The summed E-state index contributed by atoms with van der Waals surface area (Å²) in [6.45, 7) is -0.144. The molecule has 7 nitrogen and oxygen atoms in total. The van der Waals surface area contributed by atoms with Crippen molar-refractivity contribution in [1.82, 2.24) is 24.6 Å². The molecule has 1 amide bonds. The molecule has 33 heavy (non-hydrogen) atoms. The molecule has 0 atom stereocenters. The maximum Gasteiger partial charge on any atom is 0.264 e. The highest BCUT2D eigenvalue weighted by Gasteiger charge is 2.18. The van der Waals surface area contributed by atoms with Crippen molar-refractivity contribution in [2.24, 2.45) is 0 Å². The number of amides is 1. The summed E-state index contributed by atoms with van der Waals surface area (Å²) in [7, 11) is 0. The molecule has 0 aliphatic heterocycles. The van der Waals surface area contributed by atoms with Gasteiger partial charge in [-0.2, -0.15) is 5.10 Å². The van der Waals surface area contributed by atoms with Crippen LogP contribution >= 0.6 is 0 Å². The lowest BCUT2D eigenvalue weighted by atomic mass is 9.99. The second kappa shape index (κ2) is 8.92. The summed E-state index contributed by atoms with van der Waals surface area (Å²) in [5.74, 6) is -0.286. The molecule has 5 aromatic rings. The third-order valence-corrected chi connectivity index (χ3v) is 5.44. The van der Waals surface area contributed by atoms with E-state index in [-0.39, 0.29) is 24.1 Å². The Balaban J connectivity index is 1.41. The van der Waals surface area contributed by atoms with E-state index in [4.69, 9.17) is 0 Å². The van der Waals surface area contributed by atoms with Crippen molar-refractivity contribution in [3.63, 3.8) is 0 Å². The van der Waals surface area contributed by atoms with Crippen LogP contribution in [0.5, 0.6) is 0 Å². The number of carbonyl (C=O) groups is 1. The van der Waals surface area contributed by atoms with Crippen LogP contribution < -0.4 is 10.9 Å². The van der Waals surface area contributed by atoms with E-state index in [0.29, 0.717) is 11.0 Å². The van der Waals surface area contributed by atoms with Gasteiger partial charge in [-0.15, -0.1) is 0 Å². The van der Waals surface area contributed by atoms with E-state index in [9.17, 15) is 9.59 Å². The van der Waals surface area contributed by atoms with Crippen molar-refractivity contribution in [3.05, 3.63) is 125 Å². The molecule has 2 aromatic heterocycles. The minimum absolute atomic E-state index is 0.144. The van der Waals surface area contributed by atoms with Crippen molar-refractivity contribution in [1.29, 1.82) is 0 Å². The third-order valence-electron chi connectivity index (χ3n) is 5.44. The smallest absolute Gasteiger partial charge is 0.264 e. The van der Waals surface area contributed by atoms with E-state index in [1.807, 2.05) is 91.0 Å². The predicted octanol–water partition coefficient (Wildman–Crippen LogP) is 3.49. The van der Waals surface area contributed by atoms with Crippen LogP contribution in [-0.4, -0.2) is 25.2 Å². The Morgan fingerprint density at radius 2 is 1.42 bits per heavy atom. The molecule has 0 spiro atoms. The first-order valence-electron chi connectivity index (χ1n) is 10.6. The van der Waals surface area contributed by atoms with Gasteiger partial charge in [0.2, 0.25) is 5.91 Å². The Hall–Kier alpha value is -4.52. The van der Waals surface area contributed by atoms with Crippen LogP contribution in [-0.2, 0) is 11.3 Å². The van der Waals surface area contributed by atoms with E-state index < -0.39 is 0 Å². The summed E-state index contributed by atoms with van der Waals surface area (Å²) >= 11 is 0. The third kappa shape index (κ3) is 4.16. The molecule has 0 unspecified atom stereocenters. The van der Waals surface area contributed by atoms with Gasteiger partial charge < -0.3 is 5.32 Å². The zero-order chi connectivity index (χ0) is 22.6. The van der Waals surface area contributed by atoms with Gasteiger partial charge in [0.1, 0.15) is 18.3 Å². The first-order chi connectivity index (χ1) is 16.2. The van der Waals surface area contributed by atoms with E-state index in [2.05, 4.69) is 15.4 Å². The molecule has 0 bridgehead atoms. The maximum absolute atomic E-state index is 13.0. The highest BCUT2D eigenvalue weighted by molar-refractivity contribution is 5.78. The van der Waals surface area contributed by atoms with Crippen LogP contribution in [0.2, 0.25) is 0 Å². The summed E-state index contributed by atoms with van der Waals surface area (Å²) < 4.78 is 2.92. The number of nitrogens with one attached hydrogen (secondary N) is 1. The van der Waals surface area contributed by atoms with E-state index in [1.54, 1.807) is 4.68 Å². The van der Waals surface area contributed by atoms with E-state index in [1.165, 1.54) is 17.1 Å². The van der Waals surface area contributed by atoms with Gasteiger partial charge in [-0.1, -0.05) is 78.9 Å². The van der Waals surface area contributed by atoms with Gasteiger partial charge in [-0.05, 0) is 23.3 Å². The minimum atomic E-state index is -0.326. The van der Waals surface area contributed by atoms with Gasteiger partial charge in [-0.3, -0.25) is 14.2 Å². The Kier molecular flexibility index (Phi) is 5.51. The van der Waals surface area contributed by atoms with Crippen molar-refractivity contribution in [2.75, 3.05) is 0 Å². The van der Waals surface area contributed by atoms with Crippen molar-refractivity contribution >= 4 is 16.9 Å². The summed E-state index contributed by atoms with van der Waals surface area (Å²) in [5.41, 5.74) is 2.87. The zero-order valence-electron chi connectivity index (χ0n) is 17.7. The summed E-state index contributed by atoms with van der Waals surface area (Å²) in [6, 6.07) is 28.6. The Labute approximate surface area is 190 Å². The second-order valence-corrected chi connectivity index (χ2v) is 7.63. The second-order valence-electron chi connectivity index (χ2n) is 7.63. The number of hydrogen-bond donors (Lipinski definition) is 1. The molecule has 162 valence electrons. The highest BCUT2D eigenvalue weighted by Crippen LogP contribution is 2.21. The topological polar surface area (TPSA) is 81.8 Å². The van der Waals surface area contributed by atoms with E-state index in [0.717, 1.165) is 16.8 Å². The fraction of sp³-hybridized carbons (Fsp3) is 0.0769. The summed E-state index contributed by atoms with van der Waals surface area (Å²) in [6.07, 6.45) is 2.88.